The highest BCUT2D eigenvalue weighted by Crippen LogP contribution is 2.31. The summed E-state index contributed by atoms with van der Waals surface area (Å²) in [6.07, 6.45) is 1.69. The number of pyridine rings is 1. The molecule has 2 heterocycles. The molecule has 0 saturated carbocycles. The fourth-order valence-corrected chi connectivity index (χ4v) is 4.63. The van der Waals surface area contributed by atoms with E-state index in [9.17, 15) is 19.5 Å². The molecule has 226 valence electrons. The molecular weight excluding hydrogens is 551 g/mol. The molecule has 0 aliphatic carbocycles. The maximum absolute atomic E-state index is 15.0. The van der Waals surface area contributed by atoms with Crippen molar-refractivity contribution in [1.29, 1.82) is 0 Å². The quantitative estimate of drug-likeness (QED) is 0.329. The second-order valence-corrected chi connectivity index (χ2v) is 11.7. The number of likely N-dealkylation sites (N-methyl/N-ethyl adjacent to an activating group) is 1. The van der Waals surface area contributed by atoms with Gasteiger partial charge < -0.3 is 20.6 Å². The number of benzene rings is 2. The fraction of sp³-hybridized carbons (Fsp3) is 0.312. The normalized spacial score (nSPS) is 15.7. The van der Waals surface area contributed by atoms with E-state index >= 15 is 4.39 Å². The van der Waals surface area contributed by atoms with E-state index in [1.165, 1.54) is 22.2 Å². The molecule has 1 aliphatic heterocycles. The van der Waals surface area contributed by atoms with Gasteiger partial charge in [0.15, 0.2) is 6.10 Å². The van der Waals surface area contributed by atoms with Gasteiger partial charge in [-0.25, -0.2) is 9.37 Å². The van der Waals surface area contributed by atoms with Gasteiger partial charge in [0.2, 0.25) is 0 Å². The highest BCUT2D eigenvalue weighted by atomic mass is 19.1. The standard InChI is InChI=1S/C32H37FN6O4/c1-18-22(13-14-23(33)27(18)36-29(41)19-8-11-21(12-9-19)32(2,3)4)25-16-24(30(42)37-39(25)7)35-26-15-10-20(17-34-26)28(40)31(43)38(5)6/h8-17,24,28,40H,1-7H3,(H,34,35)(H,36,41)(H,37,42)/t24?,28-/m0/s1. The molecule has 10 nitrogen and oxygen atoms in total. The Kier molecular flexibility index (Phi) is 8.86. The Morgan fingerprint density at radius 2 is 1.77 bits per heavy atom. The topological polar surface area (TPSA) is 127 Å². The first-order chi connectivity index (χ1) is 20.2. The van der Waals surface area contributed by atoms with Gasteiger partial charge in [-0.15, -0.1) is 0 Å². The third-order valence-electron chi connectivity index (χ3n) is 7.27. The summed E-state index contributed by atoms with van der Waals surface area (Å²) in [5.41, 5.74) is 6.19. The number of hydrogen-bond donors (Lipinski definition) is 4. The highest BCUT2D eigenvalue weighted by molar-refractivity contribution is 6.05. The second-order valence-electron chi connectivity index (χ2n) is 11.7. The first-order valence-electron chi connectivity index (χ1n) is 13.8. The van der Waals surface area contributed by atoms with Crippen molar-refractivity contribution in [2.75, 3.05) is 31.8 Å². The van der Waals surface area contributed by atoms with Gasteiger partial charge in [0.1, 0.15) is 17.7 Å². The number of nitrogens with zero attached hydrogens (tertiary/aromatic N) is 3. The van der Waals surface area contributed by atoms with Gasteiger partial charge in [0.25, 0.3) is 17.7 Å². The third kappa shape index (κ3) is 6.83. The molecule has 11 heteroatoms. The first-order valence-corrected chi connectivity index (χ1v) is 13.8. The van der Waals surface area contributed by atoms with Crippen molar-refractivity contribution in [3.63, 3.8) is 0 Å². The highest BCUT2D eigenvalue weighted by Gasteiger charge is 2.28. The molecule has 1 aliphatic rings. The number of aliphatic hydroxyl groups is 1. The van der Waals surface area contributed by atoms with Crippen LogP contribution in [0.3, 0.4) is 0 Å². The molecule has 0 fully saturated rings. The Bertz CT molecular complexity index is 1560. The number of hydrogen-bond acceptors (Lipinski definition) is 7. The Morgan fingerprint density at radius 1 is 1.09 bits per heavy atom. The molecule has 4 rings (SSSR count). The van der Waals surface area contributed by atoms with E-state index in [4.69, 9.17) is 0 Å². The van der Waals surface area contributed by atoms with Gasteiger partial charge in [-0.2, -0.15) is 0 Å². The molecule has 0 bridgehead atoms. The number of carbonyl (C=O) groups excluding carboxylic acids is 3. The Hall–Kier alpha value is -4.77. The number of halogens is 1. The monoisotopic (exact) mass is 588 g/mol. The summed E-state index contributed by atoms with van der Waals surface area (Å²) in [5.74, 6) is -1.52. The molecule has 0 radical (unpaired) electrons. The van der Waals surface area contributed by atoms with E-state index in [1.54, 1.807) is 64.5 Å². The minimum Gasteiger partial charge on any atom is -0.378 e. The van der Waals surface area contributed by atoms with Gasteiger partial charge in [-0.05, 0) is 59.9 Å². The Labute approximate surface area is 250 Å². The summed E-state index contributed by atoms with van der Waals surface area (Å²) in [4.78, 5) is 43.5. The third-order valence-corrected chi connectivity index (χ3v) is 7.27. The fourth-order valence-electron chi connectivity index (χ4n) is 4.63. The maximum Gasteiger partial charge on any atom is 0.265 e. The van der Waals surface area contributed by atoms with Gasteiger partial charge in [-0.3, -0.25) is 24.8 Å². The average molecular weight is 589 g/mol. The summed E-state index contributed by atoms with van der Waals surface area (Å²) in [6, 6.07) is 12.3. The summed E-state index contributed by atoms with van der Waals surface area (Å²) in [7, 11) is 4.75. The van der Waals surface area contributed by atoms with Crippen molar-refractivity contribution in [3.8, 4) is 0 Å². The van der Waals surface area contributed by atoms with Crippen molar-refractivity contribution in [2.24, 2.45) is 0 Å². The largest absolute Gasteiger partial charge is 0.378 e. The van der Waals surface area contributed by atoms with Crippen LogP contribution in [0, 0.1) is 12.7 Å². The SMILES string of the molecule is Cc1c(C2=CC(Nc3ccc([C@H](O)C(=O)N(C)C)cn3)C(=O)NN2C)ccc(F)c1NC(=O)c1ccc(C(C)(C)C)cc1. The number of carbonyl (C=O) groups is 3. The van der Waals surface area contributed by atoms with Crippen LogP contribution in [0.15, 0.2) is 60.8 Å². The Balaban J connectivity index is 1.57. The lowest BCUT2D eigenvalue weighted by Crippen LogP contribution is -2.50. The van der Waals surface area contributed by atoms with E-state index in [1.807, 2.05) is 12.1 Å². The number of aliphatic hydroxyl groups excluding tert-OH is 1. The number of nitrogens with one attached hydrogen (secondary N) is 3. The molecule has 0 spiro atoms. The van der Waals surface area contributed by atoms with Gasteiger partial charge >= 0.3 is 0 Å². The molecule has 3 aromatic rings. The van der Waals surface area contributed by atoms with Crippen LogP contribution in [0.25, 0.3) is 5.70 Å². The van der Waals surface area contributed by atoms with E-state index < -0.39 is 29.8 Å². The summed E-state index contributed by atoms with van der Waals surface area (Å²) >= 11 is 0. The number of anilines is 2. The predicted molar refractivity (Wildman–Crippen MR) is 163 cm³/mol. The van der Waals surface area contributed by atoms with Gasteiger partial charge in [0, 0.05) is 44.0 Å². The smallest absolute Gasteiger partial charge is 0.265 e. The van der Waals surface area contributed by atoms with Crippen LogP contribution in [0.1, 0.15) is 59.5 Å². The van der Waals surface area contributed by atoms with E-state index in [2.05, 4.69) is 41.8 Å². The lowest BCUT2D eigenvalue weighted by atomic mass is 9.86. The molecule has 2 atom stereocenters. The maximum atomic E-state index is 15.0. The zero-order valence-electron chi connectivity index (χ0n) is 25.3. The molecule has 0 saturated heterocycles. The van der Waals surface area contributed by atoms with Crippen LogP contribution in [-0.2, 0) is 15.0 Å². The van der Waals surface area contributed by atoms with Crippen LogP contribution >= 0.6 is 0 Å². The summed E-state index contributed by atoms with van der Waals surface area (Å²) in [5, 5.41) is 17.5. The van der Waals surface area contributed by atoms with Crippen LogP contribution in [0.5, 0.6) is 0 Å². The van der Waals surface area contributed by atoms with Crippen molar-refractivity contribution < 1.29 is 23.9 Å². The van der Waals surface area contributed by atoms with E-state index in [0.717, 1.165) is 5.56 Å². The molecule has 4 N–H and O–H groups in total. The molecule has 1 aromatic heterocycles. The lowest BCUT2D eigenvalue weighted by molar-refractivity contribution is -0.137. The summed E-state index contributed by atoms with van der Waals surface area (Å²) in [6.45, 7) is 7.95. The number of aromatic nitrogens is 1. The number of amides is 3. The lowest BCUT2D eigenvalue weighted by Gasteiger charge is -2.32. The van der Waals surface area contributed by atoms with Crippen molar-refractivity contribution in [1.82, 2.24) is 20.3 Å². The van der Waals surface area contributed by atoms with Crippen LogP contribution < -0.4 is 16.1 Å². The minimum atomic E-state index is -1.35. The molecule has 2 aromatic carbocycles. The average Bonchev–Trinajstić information content (AvgIpc) is 2.96. The Morgan fingerprint density at radius 3 is 2.35 bits per heavy atom. The van der Waals surface area contributed by atoms with Crippen LogP contribution in [-0.4, -0.2) is 64.9 Å². The van der Waals surface area contributed by atoms with Crippen molar-refractivity contribution in [3.05, 3.63) is 94.4 Å². The molecule has 1 unspecified atom stereocenters. The van der Waals surface area contributed by atoms with Crippen LogP contribution in [0.4, 0.5) is 15.9 Å². The molecular formula is C32H37FN6O4. The second kappa shape index (κ2) is 12.2. The predicted octanol–water partition coefficient (Wildman–Crippen LogP) is 4.00. The van der Waals surface area contributed by atoms with Crippen LogP contribution in [0.2, 0.25) is 0 Å². The van der Waals surface area contributed by atoms with Gasteiger partial charge in [-0.1, -0.05) is 39.0 Å². The zero-order chi connectivity index (χ0) is 31.6. The number of rotatable bonds is 7. The minimum absolute atomic E-state index is 0.0428. The zero-order valence-corrected chi connectivity index (χ0v) is 25.3. The van der Waals surface area contributed by atoms with Gasteiger partial charge in [0.05, 0.1) is 11.4 Å². The van der Waals surface area contributed by atoms with Crippen molar-refractivity contribution >= 4 is 34.9 Å². The molecule has 43 heavy (non-hydrogen) atoms. The molecule has 3 amide bonds. The van der Waals surface area contributed by atoms with E-state index in [-0.39, 0.29) is 17.0 Å². The summed E-state index contributed by atoms with van der Waals surface area (Å²) < 4.78 is 15.0. The number of hydrazine groups is 1. The first kappa shape index (κ1) is 31.2. The van der Waals surface area contributed by atoms with Crippen molar-refractivity contribution in [2.45, 2.75) is 45.3 Å². The van der Waals surface area contributed by atoms with E-state index in [0.29, 0.717) is 33.8 Å².